The highest BCUT2D eigenvalue weighted by Crippen LogP contribution is 2.24. The molecular weight excluding hydrogens is 360 g/mol. The summed E-state index contributed by atoms with van der Waals surface area (Å²) in [5.41, 5.74) is 1.35. The summed E-state index contributed by atoms with van der Waals surface area (Å²) < 4.78 is 55.6. The van der Waals surface area contributed by atoms with Crippen LogP contribution in [-0.2, 0) is 29.4 Å². The van der Waals surface area contributed by atoms with Gasteiger partial charge in [-0.1, -0.05) is 6.92 Å². The van der Waals surface area contributed by atoms with E-state index in [4.69, 9.17) is 0 Å². The maximum absolute atomic E-state index is 12.6. The summed E-state index contributed by atoms with van der Waals surface area (Å²) in [5, 5.41) is 4.18. The molecule has 0 saturated heterocycles. The van der Waals surface area contributed by atoms with Gasteiger partial charge in [-0.2, -0.15) is 13.9 Å². The van der Waals surface area contributed by atoms with Crippen LogP contribution in [0.3, 0.4) is 0 Å². The number of hydrogen-bond donors (Lipinski definition) is 0. The van der Waals surface area contributed by atoms with Crippen molar-refractivity contribution >= 4 is 21.7 Å². The number of alkyl halides is 4. The largest absolute Gasteiger partial charge is 0.367 e. The predicted octanol–water partition coefficient (Wildman–Crippen LogP) is 2.77. The van der Waals surface area contributed by atoms with Crippen molar-refractivity contribution in [2.24, 2.45) is 7.05 Å². The topological polar surface area (TPSA) is 44.1 Å². The lowest BCUT2D eigenvalue weighted by Gasteiger charge is -2.14. The van der Waals surface area contributed by atoms with Crippen molar-refractivity contribution in [3.63, 3.8) is 0 Å². The molecule has 1 aromatic rings. The molecule has 0 aromatic carbocycles. The van der Waals surface area contributed by atoms with E-state index in [1.54, 1.807) is 7.05 Å². The molecule has 0 bridgehead atoms. The number of ketones is 1. The molecule has 1 heterocycles. The van der Waals surface area contributed by atoms with Gasteiger partial charge in [-0.25, -0.2) is 8.78 Å². The van der Waals surface area contributed by atoms with Crippen LogP contribution in [0.25, 0.3) is 0 Å². The molecule has 0 aliphatic heterocycles. The fourth-order valence-electron chi connectivity index (χ4n) is 1.61. The SMILES string of the molecule is CCc1nn(C)c(CC(=O)COCC(F)(F)C(F)F)c1Br. The lowest BCUT2D eigenvalue weighted by atomic mass is 10.2. The summed E-state index contributed by atoms with van der Waals surface area (Å²) in [7, 11) is 1.65. The Morgan fingerprint density at radius 2 is 2.10 bits per heavy atom. The van der Waals surface area contributed by atoms with Gasteiger partial charge >= 0.3 is 12.3 Å². The molecule has 4 nitrogen and oxygen atoms in total. The molecule has 0 aliphatic carbocycles. The third-order valence-corrected chi connectivity index (χ3v) is 3.66. The summed E-state index contributed by atoms with van der Waals surface area (Å²) in [6.45, 7) is -0.237. The Labute approximate surface area is 127 Å². The summed E-state index contributed by atoms with van der Waals surface area (Å²) in [6, 6.07) is 0. The molecule has 0 amide bonds. The molecule has 0 unspecified atom stereocenters. The minimum atomic E-state index is -4.25. The molecule has 21 heavy (non-hydrogen) atoms. The first-order valence-electron chi connectivity index (χ1n) is 6.14. The maximum Gasteiger partial charge on any atom is 0.330 e. The summed E-state index contributed by atoms with van der Waals surface area (Å²) in [4.78, 5) is 11.7. The van der Waals surface area contributed by atoms with Crippen molar-refractivity contribution in [1.29, 1.82) is 0 Å². The van der Waals surface area contributed by atoms with Gasteiger partial charge in [0.25, 0.3) is 0 Å². The highest BCUT2D eigenvalue weighted by Gasteiger charge is 2.41. The number of Topliss-reactive ketones (excluding diaryl/α,β-unsaturated/α-hetero) is 1. The number of aromatic nitrogens is 2. The van der Waals surface area contributed by atoms with Crippen LogP contribution in [0, 0.1) is 0 Å². The Morgan fingerprint density at radius 1 is 1.48 bits per heavy atom. The number of nitrogens with zero attached hydrogens (tertiary/aromatic N) is 2. The second-order valence-corrected chi connectivity index (χ2v) is 5.25. The number of carbonyl (C=O) groups is 1. The molecule has 0 atom stereocenters. The van der Waals surface area contributed by atoms with Gasteiger partial charge < -0.3 is 4.74 Å². The number of halogens is 5. The van der Waals surface area contributed by atoms with Gasteiger partial charge in [0.05, 0.1) is 22.3 Å². The normalized spacial score (nSPS) is 12.2. The van der Waals surface area contributed by atoms with E-state index >= 15 is 0 Å². The number of carbonyl (C=O) groups excluding carboxylic acids is 1. The van der Waals surface area contributed by atoms with Crippen LogP contribution in [0.4, 0.5) is 17.6 Å². The van der Waals surface area contributed by atoms with Crippen LogP contribution in [0.15, 0.2) is 4.47 Å². The van der Waals surface area contributed by atoms with E-state index in [9.17, 15) is 22.4 Å². The zero-order valence-corrected chi connectivity index (χ0v) is 13.1. The van der Waals surface area contributed by atoms with Gasteiger partial charge in [0.2, 0.25) is 0 Å². The number of hydrogen-bond acceptors (Lipinski definition) is 3. The quantitative estimate of drug-likeness (QED) is 0.657. The molecule has 0 fully saturated rings. The Kier molecular flexibility index (Phi) is 6.33. The van der Waals surface area contributed by atoms with Crippen LogP contribution in [0.5, 0.6) is 0 Å². The van der Waals surface area contributed by atoms with Gasteiger partial charge in [-0.15, -0.1) is 0 Å². The zero-order chi connectivity index (χ0) is 16.2. The fourth-order valence-corrected chi connectivity index (χ4v) is 2.37. The van der Waals surface area contributed by atoms with Crippen molar-refractivity contribution in [3.8, 4) is 0 Å². The molecule has 1 rings (SSSR count). The standard InChI is InChI=1S/C12H15BrF4N2O2/c1-3-8-10(13)9(19(2)18-8)4-7(20)5-21-6-12(16,17)11(14)15/h11H,3-6H2,1-2H3. The van der Waals surface area contributed by atoms with E-state index in [2.05, 4.69) is 25.8 Å². The molecule has 120 valence electrons. The molecule has 0 saturated carbocycles. The minimum Gasteiger partial charge on any atom is -0.367 e. The van der Waals surface area contributed by atoms with Crippen molar-refractivity contribution in [1.82, 2.24) is 9.78 Å². The van der Waals surface area contributed by atoms with Crippen LogP contribution < -0.4 is 0 Å². The van der Waals surface area contributed by atoms with E-state index in [0.29, 0.717) is 16.6 Å². The Hall–Kier alpha value is -0.960. The third kappa shape index (κ3) is 4.77. The zero-order valence-electron chi connectivity index (χ0n) is 11.5. The van der Waals surface area contributed by atoms with Gasteiger partial charge in [0.15, 0.2) is 5.78 Å². The lowest BCUT2D eigenvalue weighted by Crippen LogP contribution is -2.33. The first kappa shape index (κ1) is 18.1. The van der Waals surface area contributed by atoms with E-state index in [1.807, 2.05) is 6.92 Å². The van der Waals surface area contributed by atoms with Crippen LogP contribution >= 0.6 is 15.9 Å². The fraction of sp³-hybridized carbons (Fsp3) is 0.667. The smallest absolute Gasteiger partial charge is 0.330 e. The summed E-state index contributed by atoms with van der Waals surface area (Å²) >= 11 is 3.31. The monoisotopic (exact) mass is 374 g/mol. The van der Waals surface area contributed by atoms with Gasteiger partial charge in [-0.05, 0) is 22.4 Å². The predicted molar refractivity (Wildman–Crippen MR) is 70.8 cm³/mol. The molecule has 0 aliphatic rings. The lowest BCUT2D eigenvalue weighted by molar-refractivity contribution is -0.168. The van der Waals surface area contributed by atoms with Gasteiger partial charge in [0.1, 0.15) is 13.2 Å². The number of ether oxygens (including phenoxy) is 1. The van der Waals surface area contributed by atoms with E-state index in [1.165, 1.54) is 4.68 Å². The summed E-state index contributed by atoms with van der Waals surface area (Å²) in [5.74, 6) is -4.74. The van der Waals surface area contributed by atoms with E-state index in [0.717, 1.165) is 5.69 Å². The van der Waals surface area contributed by atoms with Crippen LogP contribution in [0.2, 0.25) is 0 Å². The molecule has 0 spiro atoms. The van der Waals surface area contributed by atoms with Gasteiger partial charge in [-0.3, -0.25) is 9.48 Å². The second-order valence-electron chi connectivity index (χ2n) is 4.45. The van der Waals surface area contributed by atoms with Crippen molar-refractivity contribution in [2.75, 3.05) is 13.2 Å². The molecule has 0 N–H and O–H groups in total. The Balaban J connectivity index is 2.54. The molecule has 9 heteroatoms. The minimum absolute atomic E-state index is 0.0790. The van der Waals surface area contributed by atoms with Crippen molar-refractivity contribution < 1.29 is 27.1 Å². The molecule has 0 radical (unpaired) electrons. The number of rotatable bonds is 8. The highest BCUT2D eigenvalue weighted by molar-refractivity contribution is 9.10. The van der Waals surface area contributed by atoms with Crippen molar-refractivity contribution in [2.45, 2.75) is 32.1 Å². The van der Waals surface area contributed by atoms with E-state index in [-0.39, 0.29) is 6.42 Å². The average molecular weight is 375 g/mol. The van der Waals surface area contributed by atoms with Crippen molar-refractivity contribution in [3.05, 3.63) is 15.9 Å². The van der Waals surface area contributed by atoms with Crippen LogP contribution in [-0.4, -0.2) is 41.1 Å². The molecular formula is C12H15BrF4N2O2. The third-order valence-electron chi connectivity index (χ3n) is 2.74. The number of aryl methyl sites for hydroxylation is 2. The first-order valence-corrected chi connectivity index (χ1v) is 6.94. The maximum atomic E-state index is 12.6. The Morgan fingerprint density at radius 3 is 2.57 bits per heavy atom. The first-order chi connectivity index (χ1) is 9.69. The second kappa shape index (κ2) is 7.35. The van der Waals surface area contributed by atoms with Gasteiger partial charge in [0, 0.05) is 7.05 Å². The van der Waals surface area contributed by atoms with Crippen LogP contribution in [0.1, 0.15) is 18.3 Å². The Bertz CT molecular complexity index is 506. The summed E-state index contributed by atoms with van der Waals surface area (Å²) in [6.07, 6.45) is -3.23. The highest BCUT2D eigenvalue weighted by atomic mass is 79.9. The molecule has 1 aromatic heterocycles. The average Bonchev–Trinajstić information content (AvgIpc) is 2.65. The van der Waals surface area contributed by atoms with E-state index < -0.39 is 31.3 Å².